The SMILES string of the molecule is CC(CCl)NCc1cc(F)cc(Br)c1. The summed E-state index contributed by atoms with van der Waals surface area (Å²) in [5, 5.41) is 3.18. The average molecular weight is 281 g/mol. The predicted octanol–water partition coefficient (Wildman–Crippen LogP) is 3.31. The number of nitrogens with one attached hydrogen (secondary N) is 1. The minimum atomic E-state index is -0.227. The maximum atomic E-state index is 13.0. The molecule has 1 atom stereocenters. The zero-order valence-corrected chi connectivity index (χ0v) is 10.2. The van der Waals surface area contributed by atoms with Crippen LogP contribution in [-0.4, -0.2) is 11.9 Å². The van der Waals surface area contributed by atoms with Gasteiger partial charge in [0.2, 0.25) is 0 Å². The van der Waals surface area contributed by atoms with Crippen LogP contribution >= 0.6 is 27.5 Å². The molecule has 1 nitrogen and oxygen atoms in total. The smallest absolute Gasteiger partial charge is 0.124 e. The van der Waals surface area contributed by atoms with Crippen LogP contribution in [0.25, 0.3) is 0 Å². The summed E-state index contributed by atoms with van der Waals surface area (Å²) >= 11 is 8.88. The van der Waals surface area contributed by atoms with E-state index in [0.717, 1.165) is 10.0 Å². The maximum Gasteiger partial charge on any atom is 0.124 e. The lowest BCUT2D eigenvalue weighted by Gasteiger charge is -2.10. The van der Waals surface area contributed by atoms with Gasteiger partial charge in [0.15, 0.2) is 0 Å². The fourth-order valence-corrected chi connectivity index (χ4v) is 1.68. The molecule has 0 aromatic heterocycles. The second-order valence-corrected chi connectivity index (χ2v) is 4.44. The minimum absolute atomic E-state index is 0.227. The highest BCUT2D eigenvalue weighted by Crippen LogP contribution is 2.14. The molecule has 0 saturated heterocycles. The van der Waals surface area contributed by atoms with Crippen molar-refractivity contribution in [1.82, 2.24) is 5.32 Å². The van der Waals surface area contributed by atoms with E-state index >= 15 is 0 Å². The number of hydrogen-bond acceptors (Lipinski definition) is 1. The molecule has 0 aliphatic carbocycles. The fourth-order valence-electron chi connectivity index (χ4n) is 1.06. The van der Waals surface area contributed by atoms with Crippen LogP contribution < -0.4 is 5.32 Å². The first-order valence-corrected chi connectivity index (χ1v) is 5.69. The predicted molar refractivity (Wildman–Crippen MR) is 61.1 cm³/mol. The second-order valence-electron chi connectivity index (χ2n) is 3.21. The summed E-state index contributed by atoms with van der Waals surface area (Å²) in [5.74, 6) is 0.325. The first-order chi connectivity index (χ1) is 6.61. The van der Waals surface area contributed by atoms with Crippen LogP contribution in [0.3, 0.4) is 0 Å². The van der Waals surface area contributed by atoms with Gasteiger partial charge in [0.25, 0.3) is 0 Å². The van der Waals surface area contributed by atoms with Gasteiger partial charge >= 0.3 is 0 Å². The highest BCUT2D eigenvalue weighted by molar-refractivity contribution is 9.10. The van der Waals surface area contributed by atoms with Gasteiger partial charge in [-0.25, -0.2) is 4.39 Å². The summed E-state index contributed by atoms with van der Waals surface area (Å²) in [5.41, 5.74) is 0.911. The second kappa shape index (κ2) is 5.69. The van der Waals surface area contributed by atoms with Gasteiger partial charge in [0.05, 0.1) is 0 Å². The molecule has 0 bridgehead atoms. The largest absolute Gasteiger partial charge is 0.309 e. The van der Waals surface area contributed by atoms with E-state index in [1.165, 1.54) is 12.1 Å². The quantitative estimate of drug-likeness (QED) is 0.835. The molecule has 0 aliphatic heterocycles. The summed E-state index contributed by atoms with van der Waals surface area (Å²) in [6, 6.07) is 5.07. The molecule has 1 rings (SSSR count). The summed E-state index contributed by atoms with van der Waals surface area (Å²) in [4.78, 5) is 0. The topological polar surface area (TPSA) is 12.0 Å². The van der Waals surface area contributed by atoms with E-state index in [9.17, 15) is 4.39 Å². The number of alkyl halides is 1. The fraction of sp³-hybridized carbons (Fsp3) is 0.400. The van der Waals surface area contributed by atoms with Crippen molar-refractivity contribution in [2.45, 2.75) is 19.5 Å². The Morgan fingerprint density at radius 3 is 2.79 bits per heavy atom. The lowest BCUT2D eigenvalue weighted by Crippen LogP contribution is -2.26. The summed E-state index contributed by atoms with van der Waals surface area (Å²) in [6.45, 7) is 2.62. The van der Waals surface area contributed by atoms with Gasteiger partial charge in [-0.15, -0.1) is 11.6 Å². The monoisotopic (exact) mass is 279 g/mol. The zero-order chi connectivity index (χ0) is 10.6. The van der Waals surface area contributed by atoms with Crippen LogP contribution in [0, 0.1) is 5.82 Å². The van der Waals surface area contributed by atoms with Gasteiger partial charge in [-0.1, -0.05) is 15.9 Å². The van der Waals surface area contributed by atoms with Crippen LogP contribution in [0.2, 0.25) is 0 Å². The molecule has 0 amide bonds. The van der Waals surface area contributed by atoms with Crippen molar-refractivity contribution in [2.24, 2.45) is 0 Å². The molecule has 1 aromatic rings. The van der Waals surface area contributed by atoms with Crippen molar-refractivity contribution < 1.29 is 4.39 Å². The van der Waals surface area contributed by atoms with Crippen molar-refractivity contribution in [3.05, 3.63) is 34.1 Å². The molecule has 0 fully saturated rings. The van der Waals surface area contributed by atoms with Crippen LogP contribution in [0.15, 0.2) is 22.7 Å². The molecule has 4 heteroatoms. The summed E-state index contributed by atoms with van der Waals surface area (Å²) in [7, 11) is 0. The molecule has 0 aliphatic rings. The van der Waals surface area contributed by atoms with Crippen LogP contribution in [0.1, 0.15) is 12.5 Å². The highest BCUT2D eigenvalue weighted by atomic mass is 79.9. The van der Waals surface area contributed by atoms with Gasteiger partial charge in [-0.2, -0.15) is 0 Å². The zero-order valence-electron chi connectivity index (χ0n) is 7.86. The van der Waals surface area contributed by atoms with E-state index in [-0.39, 0.29) is 11.9 Å². The van der Waals surface area contributed by atoms with Crippen LogP contribution in [-0.2, 0) is 6.54 Å². The third-order valence-electron chi connectivity index (χ3n) is 1.81. The summed E-state index contributed by atoms with van der Waals surface area (Å²) in [6.07, 6.45) is 0. The maximum absolute atomic E-state index is 13.0. The molecule has 0 saturated carbocycles. The third-order valence-corrected chi connectivity index (χ3v) is 2.73. The molecule has 0 radical (unpaired) electrons. The standard InChI is InChI=1S/C10H12BrClFN/c1-7(5-12)14-6-8-2-9(11)4-10(13)3-8/h2-4,7,14H,5-6H2,1H3. The van der Waals surface area contributed by atoms with Gasteiger partial charge in [0, 0.05) is 22.9 Å². The van der Waals surface area contributed by atoms with Crippen LogP contribution in [0.4, 0.5) is 4.39 Å². The minimum Gasteiger partial charge on any atom is -0.309 e. The van der Waals surface area contributed by atoms with Gasteiger partial charge in [-0.05, 0) is 30.7 Å². The molecule has 0 heterocycles. The van der Waals surface area contributed by atoms with Crippen molar-refractivity contribution >= 4 is 27.5 Å². The molecule has 1 N–H and O–H groups in total. The van der Waals surface area contributed by atoms with Crippen LogP contribution in [0.5, 0.6) is 0 Å². The Bertz CT molecular complexity index is 286. The molecule has 14 heavy (non-hydrogen) atoms. The number of benzene rings is 1. The van der Waals surface area contributed by atoms with Crippen molar-refractivity contribution in [2.75, 3.05) is 5.88 Å². The Kier molecular flexibility index (Phi) is 4.85. The van der Waals surface area contributed by atoms with Crippen molar-refractivity contribution in [1.29, 1.82) is 0 Å². The van der Waals surface area contributed by atoms with Gasteiger partial charge in [-0.3, -0.25) is 0 Å². The number of hydrogen-bond donors (Lipinski definition) is 1. The molecular formula is C10H12BrClFN. The molecular weight excluding hydrogens is 268 g/mol. The Morgan fingerprint density at radius 2 is 2.21 bits per heavy atom. The normalized spacial score (nSPS) is 12.9. The van der Waals surface area contributed by atoms with E-state index in [4.69, 9.17) is 11.6 Å². The Balaban J connectivity index is 2.58. The van der Waals surface area contributed by atoms with Crippen molar-refractivity contribution in [3.8, 4) is 0 Å². The Morgan fingerprint density at radius 1 is 1.50 bits per heavy atom. The lowest BCUT2D eigenvalue weighted by molar-refractivity contribution is 0.585. The first-order valence-electron chi connectivity index (χ1n) is 4.36. The van der Waals surface area contributed by atoms with E-state index in [1.54, 1.807) is 0 Å². The van der Waals surface area contributed by atoms with E-state index in [1.807, 2.05) is 13.0 Å². The van der Waals surface area contributed by atoms with Gasteiger partial charge < -0.3 is 5.32 Å². The first kappa shape index (κ1) is 12.0. The van der Waals surface area contributed by atoms with Gasteiger partial charge in [0.1, 0.15) is 5.82 Å². The third kappa shape index (κ3) is 3.95. The Hall–Kier alpha value is -0.120. The molecule has 0 spiro atoms. The highest BCUT2D eigenvalue weighted by Gasteiger charge is 2.01. The lowest BCUT2D eigenvalue weighted by atomic mass is 10.2. The molecule has 1 unspecified atom stereocenters. The molecule has 78 valence electrons. The molecule has 1 aromatic carbocycles. The Labute approximate surface area is 96.8 Å². The van der Waals surface area contributed by atoms with E-state index < -0.39 is 0 Å². The van der Waals surface area contributed by atoms with E-state index in [0.29, 0.717) is 12.4 Å². The number of rotatable bonds is 4. The van der Waals surface area contributed by atoms with Crippen molar-refractivity contribution in [3.63, 3.8) is 0 Å². The number of halogens is 3. The van der Waals surface area contributed by atoms with E-state index in [2.05, 4.69) is 21.2 Å². The average Bonchev–Trinajstić information content (AvgIpc) is 2.12. The summed E-state index contributed by atoms with van der Waals surface area (Å²) < 4.78 is 13.7.